The Morgan fingerprint density at radius 1 is 0.192 bits per heavy atom. The van der Waals surface area contributed by atoms with Crippen LogP contribution in [0.5, 0.6) is 0 Å². The average Bonchev–Trinajstić information content (AvgIpc) is 3.05. The summed E-state index contributed by atoms with van der Waals surface area (Å²) in [5.74, 6) is 0. The summed E-state index contributed by atoms with van der Waals surface area (Å²) >= 11 is 0. The SMILES string of the molecule is CC(C)(C)CCCCCCCCCCCCCN(CCCCCCCCCCCCCC(C)(C)C)CCCCCCCCCCCCCC(C)(C)C. The number of hydrogen-bond acceptors (Lipinski definition) is 1. The summed E-state index contributed by atoms with van der Waals surface area (Å²) in [4.78, 5) is 2.87. The number of hydrogen-bond donors (Lipinski definition) is 0. The molecule has 0 aromatic heterocycles. The highest BCUT2D eigenvalue weighted by Gasteiger charge is 2.11. The first-order chi connectivity index (χ1) is 24.8. The Bertz CT molecular complexity index is 592. The van der Waals surface area contributed by atoms with Crippen LogP contribution in [0.2, 0.25) is 0 Å². The molecule has 1 heteroatoms. The first kappa shape index (κ1) is 52.0. The number of rotatable bonds is 39. The maximum absolute atomic E-state index is 2.87. The molecular weight excluding hydrogens is 627 g/mol. The zero-order valence-corrected chi connectivity index (χ0v) is 38.5. The standard InChI is InChI=1S/C51H105N/c1-49(2,3)43-37-31-25-19-13-10-16-22-28-34-40-46-52(47-41-35-29-23-17-11-14-20-26-32-38-44-50(4,5)6)48-42-36-30-24-18-12-15-21-27-33-39-45-51(7,8)9/h10-48H2,1-9H3. The van der Waals surface area contributed by atoms with E-state index in [4.69, 9.17) is 0 Å². The van der Waals surface area contributed by atoms with E-state index in [1.54, 1.807) is 0 Å². The average molecular weight is 732 g/mol. The second-order valence-corrected chi connectivity index (χ2v) is 21.4. The van der Waals surface area contributed by atoms with Crippen molar-refractivity contribution in [3.05, 3.63) is 0 Å². The Morgan fingerprint density at radius 3 is 0.481 bits per heavy atom. The van der Waals surface area contributed by atoms with E-state index in [0.717, 1.165) is 0 Å². The minimum Gasteiger partial charge on any atom is -0.303 e. The first-order valence-corrected chi connectivity index (χ1v) is 24.5. The normalized spacial score (nSPS) is 12.8. The molecule has 0 bridgehead atoms. The summed E-state index contributed by atoms with van der Waals surface area (Å²) in [6.07, 6.45) is 52.3. The van der Waals surface area contributed by atoms with Crippen LogP contribution in [0.15, 0.2) is 0 Å². The van der Waals surface area contributed by atoms with Gasteiger partial charge in [0.1, 0.15) is 0 Å². The van der Waals surface area contributed by atoms with Crippen LogP contribution in [-0.4, -0.2) is 24.5 Å². The molecule has 0 N–H and O–H groups in total. The third-order valence-electron chi connectivity index (χ3n) is 11.7. The van der Waals surface area contributed by atoms with Gasteiger partial charge in [-0.1, -0.05) is 255 Å². The Balaban J connectivity index is 4.02. The summed E-state index contributed by atoms with van der Waals surface area (Å²) in [6, 6.07) is 0. The molecule has 0 aliphatic heterocycles. The summed E-state index contributed by atoms with van der Waals surface area (Å²) in [5.41, 5.74) is 1.56. The van der Waals surface area contributed by atoms with Crippen LogP contribution < -0.4 is 0 Å². The van der Waals surface area contributed by atoms with Gasteiger partial charge < -0.3 is 4.90 Å². The van der Waals surface area contributed by atoms with Gasteiger partial charge in [0.05, 0.1) is 0 Å². The van der Waals surface area contributed by atoms with Gasteiger partial charge in [0, 0.05) is 0 Å². The van der Waals surface area contributed by atoms with E-state index in [-0.39, 0.29) is 0 Å². The van der Waals surface area contributed by atoms with Crippen LogP contribution in [0, 0.1) is 16.2 Å². The Kier molecular flexibility index (Phi) is 35.4. The van der Waals surface area contributed by atoms with Crippen molar-refractivity contribution >= 4 is 0 Å². The molecule has 0 atom stereocenters. The molecule has 0 unspecified atom stereocenters. The minimum absolute atomic E-state index is 0.520. The summed E-state index contributed by atoms with van der Waals surface area (Å²) in [6.45, 7) is 25.5. The third kappa shape index (κ3) is 46.1. The molecule has 52 heavy (non-hydrogen) atoms. The predicted molar refractivity (Wildman–Crippen MR) is 241 cm³/mol. The zero-order valence-electron chi connectivity index (χ0n) is 38.5. The van der Waals surface area contributed by atoms with E-state index >= 15 is 0 Å². The lowest BCUT2D eigenvalue weighted by Gasteiger charge is -2.22. The van der Waals surface area contributed by atoms with Crippen LogP contribution in [-0.2, 0) is 0 Å². The largest absolute Gasteiger partial charge is 0.303 e. The van der Waals surface area contributed by atoms with Crippen LogP contribution >= 0.6 is 0 Å². The lowest BCUT2D eigenvalue weighted by molar-refractivity contribution is 0.254. The highest BCUT2D eigenvalue weighted by molar-refractivity contribution is 4.64. The summed E-state index contributed by atoms with van der Waals surface area (Å²) < 4.78 is 0. The number of unbranched alkanes of at least 4 members (excludes halogenated alkanes) is 30. The van der Waals surface area contributed by atoms with Gasteiger partial charge in [-0.2, -0.15) is 0 Å². The third-order valence-corrected chi connectivity index (χ3v) is 11.7. The fourth-order valence-corrected chi connectivity index (χ4v) is 8.08. The molecule has 0 aliphatic rings. The van der Waals surface area contributed by atoms with E-state index in [1.165, 1.54) is 251 Å². The predicted octanol–water partition coefficient (Wildman–Crippen LogP) is 18.5. The van der Waals surface area contributed by atoms with Crippen molar-refractivity contribution in [1.82, 2.24) is 4.90 Å². The molecule has 0 aliphatic carbocycles. The Hall–Kier alpha value is -0.0400. The van der Waals surface area contributed by atoms with Gasteiger partial charge >= 0.3 is 0 Å². The molecule has 0 aromatic carbocycles. The van der Waals surface area contributed by atoms with Crippen molar-refractivity contribution in [3.8, 4) is 0 Å². The van der Waals surface area contributed by atoms with Gasteiger partial charge in [0.15, 0.2) is 0 Å². The molecule has 0 spiro atoms. The van der Waals surface area contributed by atoms with Crippen molar-refractivity contribution in [2.24, 2.45) is 16.2 Å². The van der Waals surface area contributed by atoms with Crippen LogP contribution in [0.4, 0.5) is 0 Å². The summed E-state index contributed by atoms with van der Waals surface area (Å²) in [5, 5.41) is 0. The van der Waals surface area contributed by atoms with Crippen molar-refractivity contribution < 1.29 is 0 Å². The zero-order chi connectivity index (χ0) is 38.7. The first-order valence-electron chi connectivity index (χ1n) is 24.5. The van der Waals surface area contributed by atoms with Crippen molar-refractivity contribution in [2.45, 2.75) is 293 Å². The second-order valence-electron chi connectivity index (χ2n) is 21.4. The minimum atomic E-state index is 0.520. The molecule has 0 radical (unpaired) electrons. The van der Waals surface area contributed by atoms with Crippen LogP contribution in [0.25, 0.3) is 0 Å². The molecule has 1 nitrogen and oxygen atoms in total. The van der Waals surface area contributed by atoms with E-state index in [9.17, 15) is 0 Å². The Morgan fingerprint density at radius 2 is 0.327 bits per heavy atom. The topological polar surface area (TPSA) is 3.24 Å². The fraction of sp³-hybridized carbons (Fsp3) is 1.00. The van der Waals surface area contributed by atoms with E-state index in [1.807, 2.05) is 0 Å². The fourth-order valence-electron chi connectivity index (χ4n) is 8.08. The van der Waals surface area contributed by atoms with Gasteiger partial charge in [-0.3, -0.25) is 0 Å². The maximum Gasteiger partial charge on any atom is -0.00187 e. The molecule has 0 rings (SSSR count). The van der Waals surface area contributed by atoms with E-state index in [0.29, 0.717) is 16.2 Å². The maximum atomic E-state index is 2.87. The highest BCUT2D eigenvalue weighted by Crippen LogP contribution is 2.25. The molecular formula is C51H105N. The molecule has 0 heterocycles. The number of nitrogens with zero attached hydrogens (tertiary/aromatic N) is 1. The van der Waals surface area contributed by atoms with Crippen LogP contribution in [0.3, 0.4) is 0 Å². The quantitative estimate of drug-likeness (QED) is 0.0569. The molecule has 0 saturated heterocycles. The highest BCUT2D eigenvalue weighted by atomic mass is 15.1. The smallest absolute Gasteiger partial charge is 0.00187 e. The van der Waals surface area contributed by atoms with E-state index < -0.39 is 0 Å². The van der Waals surface area contributed by atoms with Crippen molar-refractivity contribution in [2.75, 3.05) is 19.6 Å². The Labute approximate surface area is 333 Å². The molecule has 0 fully saturated rings. The lowest BCUT2D eigenvalue weighted by Crippen LogP contribution is -2.27. The van der Waals surface area contributed by atoms with Gasteiger partial charge in [0.2, 0.25) is 0 Å². The van der Waals surface area contributed by atoms with E-state index in [2.05, 4.69) is 67.2 Å². The molecule has 0 amide bonds. The summed E-state index contributed by atoms with van der Waals surface area (Å²) in [7, 11) is 0. The van der Waals surface area contributed by atoms with Gasteiger partial charge in [-0.15, -0.1) is 0 Å². The van der Waals surface area contributed by atoms with Gasteiger partial charge in [-0.25, -0.2) is 0 Å². The lowest BCUT2D eigenvalue weighted by atomic mass is 9.89. The monoisotopic (exact) mass is 732 g/mol. The van der Waals surface area contributed by atoms with Gasteiger partial charge in [-0.05, 0) is 74.4 Å². The van der Waals surface area contributed by atoms with Crippen molar-refractivity contribution in [1.29, 1.82) is 0 Å². The van der Waals surface area contributed by atoms with Crippen molar-refractivity contribution in [3.63, 3.8) is 0 Å². The molecule has 0 saturated carbocycles. The van der Waals surface area contributed by atoms with Gasteiger partial charge in [0.25, 0.3) is 0 Å². The second kappa shape index (κ2) is 35.4. The molecule has 0 aromatic rings. The molecule has 314 valence electrons. The van der Waals surface area contributed by atoms with Crippen LogP contribution in [0.1, 0.15) is 293 Å².